The Hall–Kier alpha value is -3.66. The Morgan fingerprint density at radius 3 is 2.56 bits per heavy atom. The smallest absolute Gasteiger partial charge is 0.387 e. The molecular formula is C26H22F3N5O2. The van der Waals surface area contributed by atoms with Crippen LogP contribution in [0.4, 0.5) is 19.1 Å². The van der Waals surface area contributed by atoms with Crippen molar-refractivity contribution in [1.29, 1.82) is 0 Å². The normalized spacial score (nSPS) is 22.7. The lowest BCUT2D eigenvalue weighted by Crippen LogP contribution is -2.38. The molecule has 1 saturated carbocycles. The van der Waals surface area contributed by atoms with Gasteiger partial charge in [0.2, 0.25) is 5.95 Å². The number of halogens is 3. The first-order valence-electron chi connectivity index (χ1n) is 12.0. The zero-order valence-corrected chi connectivity index (χ0v) is 19.2. The van der Waals surface area contributed by atoms with Gasteiger partial charge in [-0.2, -0.15) is 8.78 Å². The Morgan fingerprint density at radius 2 is 1.81 bits per heavy atom. The van der Waals surface area contributed by atoms with Crippen LogP contribution < -0.4 is 9.64 Å². The number of nitrogens with zero attached hydrogens (tertiary/aromatic N) is 5. The molecule has 2 aromatic heterocycles. The molecule has 0 atom stereocenters. The minimum atomic E-state index is -2.92. The molecule has 4 aliphatic rings. The van der Waals surface area contributed by atoms with Crippen molar-refractivity contribution in [3.8, 4) is 16.9 Å². The summed E-state index contributed by atoms with van der Waals surface area (Å²) in [5, 5.41) is 0. The molecule has 4 aromatic rings. The van der Waals surface area contributed by atoms with Crippen LogP contribution in [0, 0.1) is 5.82 Å². The second kappa shape index (κ2) is 7.92. The summed E-state index contributed by atoms with van der Waals surface area (Å²) in [7, 11) is 0. The molecule has 7 nitrogen and oxygen atoms in total. The topological polar surface area (TPSA) is 65.3 Å². The maximum Gasteiger partial charge on any atom is 0.387 e. The van der Waals surface area contributed by atoms with E-state index in [9.17, 15) is 8.78 Å². The fourth-order valence-corrected chi connectivity index (χ4v) is 5.96. The number of alkyl halides is 2. The third-order valence-electron chi connectivity index (χ3n) is 7.58. The highest BCUT2D eigenvalue weighted by Gasteiger charge is 2.58. The average Bonchev–Trinajstić information content (AvgIpc) is 3.48. The number of rotatable bonds is 5. The summed E-state index contributed by atoms with van der Waals surface area (Å²) in [4.78, 5) is 15.7. The van der Waals surface area contributed by atoms with Crippen LogP contribution in [0.5, 0.6) is 5.75 Å². The maximum absolute atomic E-state index is 15.2. The number of para-hydroxylation sites is 1. The first-order chi connectivity index (χ1) is 17.5. The summed E-state index contributed by atoms with van der Waals surface area (Å²) in [5.41, 5.74) is 2.37. The molecule has 0 N–H and O–H groups in total. The largest absolute Gasteiger partial charge is 0.434 e. The molecule has 1 aliphatic carbocycles. The molecule has 2 bridgehead atoms. The highest BCUT2D eigenvalue weighted by atomic mass is 19.3. The summed E-state index contributed by atoms with van der Waals surface area (Å²) < 4.78 is 53.8. The van der Waals surface area contributed by atoms with Gasteiger partial charge in [-0.25, -0.2) is 19.3 Å². The number of hydrogen-bond acceptors (Lipinski definition) is 6. The fraction of sp³-hybridized carbons (Fsp3) is 0.346. The molecule has 0 amide bonds. The summed E-state index contributed by atoms with van der Waals surface area (Å²) in [6.45, 7) is -0.253. The van der Waals surface area contributed by atoms with E-state index in [1.807, 2.05) is 17.0 Å². The van der Waals surface area contributed by atoms with E-state index < -0.39 is 18.0 Å². The van der Waals surface area contributed by atoms with Crippen molar-refractivity contribution in [1.82, 2.24) is 19.5 Å². The minimum Gasteiger partial charge on any atom is -0.434 e. The highest BCUT2D eigenvalue weighted by molar-refractivity contribution is 5.84. The lowest BCUT2D eigenvalue weighted by molar-refractivity contribution is -0.0516. The molecule has 8 rings (SSSR count). The number of anilines is 1. The van der Waals surface area contributed by atoms with Crippen molar-refractivity contribution in [3.05, 3.63) is 66.0 Å². The standard InChI is InChI=1S/C26H22F3N5O2/c27-19-10-20-21(9-17(19)16-13-30-25(31-14-16)33-5-7-35-8-6-33)34-23(32-20)15-11-26(34,12-15)18-3-1-2-4-22(18)36-24(28)29/h1-4,9-10,13-15,24H,5-8,11-12H2/t15-,26+. The van der Waals surface area contributed by atoms with E-state index >= 15 is 4.39 Å². The van der Waals surface area contributed by atoms with Crippen LogP contribution in [0.2, 0.25) is 0 Å². The number of benzene rings is 2. The van der Waals surface area contributed by atoms with Gasteiger partial charge < -0.3 is 18.9 Å². The van der Waals surface area contributed by atoms with Crippen molar-refractivity contribution in [2.75, 3.05) is 31.2 Å². The zero-order valence-electron chi connectivity index (χ0n) is 19.2. The highest BCUT2D eigenvalue weighted by Crippen LogP contribution is 2.63. The Labute approximate surface area is 204 Å². The van der Waals surface area contributed by atoms with Crippen molar-refractivity contribution in [2.24, 2.45) is 0 Å². The van der Waals surface area contributed by atoms with Gasteiger partial charge in [0.15, 0.2) is 0 Å². The lowest BCUT2D eigenvalue weighted by atomic mass is 9.68. The second-order valence-electron chi connectivity index (χ2n) is 9.51. The molecule has 184 valence electrons. The number of ether oxygens (including phenoxy) is 2. The SMILES string of the molecule is Fc1cc2nc3n(c2cc1-c1cnc(N2CCOCC2)nc1)[C@]1(c2ccccc2OC(F)F)C[C@H]3C1. The van der Waals surface area contributed by atoms with E-state index in [4.69, 9.17) is 14.5 Å². The summed E-state index contributed by atoms with van der Waals surface area (Å²) in [6, 6.07) is 10.1. The van der Waals surface area contributed by atoms with Gasteiger partial charge in [0, 0.05) is 54.2 Å². The fourth-order valence-electron chi connectivity index (χ4n) is 5.96. The van der Waals surface area contributed by atoms with Gasteiger partial charge in [-0.3, -0.25) is 0 Å². The molecule has 2 fully saturated rings. The summed E-state index contributed by atoms with van der Waals surface area (Å²) in [6.07, 6.45) is 4.76. The van der Waals surface area contributed by atoms with Gasteiger partial charge in [0.1, 0.15) is 17.4 Å². The van der Waals surface area contributed by atoms with Gasteiger partial charge in [-0.15, -0.1) is 0 Å². The van der Waals surface area contributed by atoms with Gasteiger partial charge in [0.25, 0.3) is 0 Å². The summed E-state index contributed by atoms with van der Waals surface area (Å²) in [5.74, 6) is 1.39. The van der Waals surface area contributed by atoms with Crippen molar-refractivity contribution >= 4 is 17.0 Å². The molecule has 0 radical (unpaired) electrons. The van der Waals surface area contributed by atoms with Crippen LogP contribution in [-0.2, 0) is 10.3 Å². The molecule has 3 aliphatic heterocycles. The molecule has 5 heterocycles. The molecular weight excluding hydrogens is 471 g/mol. The molecule has 36 heavy (non-hydrogen) atoms. The third kappa shape index (κ3) is 3.13. The van der Waals surface area contributed by atoms with Gasteiger partial charge in [0.05, 0.1) is 29.8 Å². The van der Waals surface area contributed by atoms with Crippen LogP contribution in [-0.4, -0.2) is 52.4 Å². The lowest BCUT2D eigenvalue weighted by Gasteiger charge is -2.40. The number of hydrogen-bond donors (Lipinski definition) is 0. The number of imidazole rings is 1. The van der Waals surface area contributed by atoms with Crippen molar-refractivity contribution in [2.45, 2.75) is 30.9 Å². The molecule has 1 saturated heterocycles. The number of morpholine rings is 1. The minimum absolute atomic E-state index is 0.162. The second-order valence-corrected chi connectivity index (χ2v) is 9.51. The van der Waals surface area contributed by atoms with E-state index in [0.717, 1.165) is 24.2 Å². The van der Waals surface area contributed by atoms with Gasteiger partial charge >= 0.3 is 6.61 Å². The van der Waals surface area contributed by atoms with E-state index in [2.05, 4.69) is 14.5 Å². The summed E-state index contributed by atoms with van der Waals surface area (Å²) >= 11 is 0. The van der Waals surface area contributed by atoms with Crippen LogP contribution in [0.1, 0.15) is 30.1 Å². The predicted octanol–water partition coefficient (Wildman–Crippen LogP) is 4.71. The van der Waals surface area contributed by atoms with E-state index in [0.29, 0.717) is 54.5 Å². The Morgan fingerprint density at radius 1 is 1.06 bits per heavy atom. The van der Waals surface area contributed by atoms with Crippen molar-refractivity contribution < 1.29 is 22.6 Å². The van der Waals surface area contributed by atoms with E-state index in [1.54, 1.807) is 30.6 Å². The van der Waals surface area contributed by atoms with Gasteiger partial charge in [-0.05, 0) is 25.0 Å². The average molecular weight is 493 g/mol. The first-order valence-corrected chi connectivity index (χ1v) is 12.0. The van der Waals surface area contributed by atoms with Crippen LogP contribution >= 0.6 is 0 Å². The van der Waals surface area contributed by atoms with Crippen LogP contribution in [0.3, 0.4) is 0 Å². The van der Waals surface area contributed by atoms with Crippen LogP contribution in [0.15, 0.2) is 48.8 Å². The number of aromatic nitrogens is 4. The molecule has 0 spiro atoms. The third-order valence-corrected chi connectivity index (χ3v) is 7.58. The zero-order chi connectivity index (χ0) is 24.4. The monoisotopic (exact) mass is 493 g/mol. The predicted molar refractivity (Wildman–Crippen MR) is 126 cm³/mol. The van der Waals surface area contributed by atoms with E-state index in [1.165, 1.54) is 6.07 Å². The molecule has 10 heteroatoms. The Bertz CT molecular complexity index is 1460. The Kier molecular flexibility index (Phi) is 4.76. The Balaban J connectivity index is 1.31. The number of fused-ring (bicyclic) bond motifs is 1. The first kappa shape index (κ1) is 21.6. The molecule has 0 unspecified atom stereocenters. The maximum atomic E-state index is 15.2. The van der Waals surface area contributed by atoms with Gasteiger partial charge in [-0.1, -0.05) is 18.2 Å². The van der Waals surface area contributed by atoms with Crippen LogP contribution in [0.25, 0.3) is 22.2 Å². The molecule has 2 aromatic carbocycles. The van der Waals surface area contributed by atoms with Crippen molar-refractivity contribution in [3.63, 3.8) is 0 Å². The van der Waals surface area contributed by atoms with E-state index in [-0.39, 0.29) is 11.7 Å². The quantitative estimate of drug-likeness (QED) is 0.402.